The van der Waals surface area contributed by atoms with E-state index >= 15 is 0 Å². The van der Waals surface area contributed by atoms with E-state index in [4.69, 9.17) is 16.3 Å². The summed E-state index contributed by atoms with van der Waals surface area (Å²) < 4.78 is 29.9. The zero-order valence-corrected chi connectivity index (χ0v) is 21.5. The van der Waals surface area contributed by atoms with Crippen molar-refractivity contribution >= 4 is 48.9 Å². The largest absolute Gasteiger partial charge is 0.490 e. The van der Waals surface area contributed by atoms with Gasteiger partial charge in [0.25, 0.3) is 5.56 Å². The molecule has 0 radical (unpaired) electrons. The lowest BCUT2D eigenvalue weighted by Crippen LogP contribution is -2.30. The van der Waals surface area contributed by atoms with Crippen molar-refractivity contribution in [3.05, 3.63) is 69.2 Å². The maximum atomic E-state index is 13.0. The maximum absolute atomic E-state index is 13.0. The first-order valence-corrected chi connectivity index (χ1v) is 14.0. The first kappa shape index (κ1) is 25.0. The van der Waals surface area contributed by atoms with Gasteiger partial charge in [0, 0.05) is 40.7 Å². The fourth-order valence-corrected chi connectivity index (χ4v) is 5.19. The van der Waals surface area contributed by atoms with Crippen molar-refractivity contribution in [1.29, 1.82) is 5.26 Å². The quantitative estimate of drug-likeness (QED) is 0.345. The molecule has 1 aliphatic carbocycles. The van der Waals surface area contributed by atoms with E-state index < -0.39 is 38.9 Å². The molecule has 0 amide bonds. The van der Waals surface area contributed by atoms with Crippen LogP contribution in [0.2, 0.25) is 5.02 Å². The number of aromatic amines is 1. The summed E-state index contributed by atoms with van der Waals surface area (Å²) in [6.07, 6.45) is 2.93. The van der Waals surface area contributed by atoms with Gasteiger partial charge in [-0.2, -0.15) is 10.4 Å². The Hall–Kier alpha value is -3.68. The van der Waals surface area contributed by atoms with E-state index in [1.165, 1.54) is 0 Å². The van der Waals surface area contributed by atoms with Gasteiger partial charge >= 0.3 is 0 Å². The van der Waals surface area contributed by atoms with Gasteiger partial charge in [0.05, 0.1) is 27.6 Å². The number of hydrogen-bond donors (Lipinski definition) is 1. The zero-order valence-electron chi connectivity index (χ0n) is 20.0. The Labute approximate surface area is 217 Å². The number of halogens is 1. The van der Waals surface area contributed by atoms with Gasteiger partial charge < -0.3 is 9.72 Å². The molecule has 0 aliphatic heterocycles. The van der Waals surface area contributed by atoms with Crippen molar-refractivity contribution in [3.63, 3.8) is 0 Å². The van der Waals surface area contributed by atoms with Crippen LogP contribution in [0.4, 0.5) is 0 Å². The zero-order chi connectivity index (χ0) is 26.4. The monoisotopic (exact) mass is 538 g/mol. The number of sulfone groups is 1. The number of benzene rings is 2. The third kappa shape index (κ3) is 5.38. The van der Waals surface area contributed by atoms with Gasteiger partial charge in [-0.1, -0.05) is 29.8 Å². The fourth-order valence-electron chi connectivity index (χ4n) is 4.28. The van der Waals surface area contributed by atoms with Crippen LogP contribution in [-0.2, 0) is 27.6 Å². The number of carbonyl (C=O) groups excluding carboxylic acids is 1. The van der Waals surface area contributed by atoms with Gasteiger partial charge in [0.2, 0.25) is 0 Å². The number of rotatable bonds is 9. The van der Waals surface area contributed by atoms with Crippen molar-refractivity contribution in [2.45, 2.75) is 25.8 Å². The molecule has 1 saturated carbocycles. The number of nitriles is 1. The molecule has 1 fully saturated rings. The van der Waals surface area contributed by atoms with Crippen LogP contribution in [0, 0.1) is 16.7 Å². The maximum Gasteiger partial charge on any atom is 0.275 e. The molecule has 9 nitrogen and oxygen atoms in total. The summed E-state index contributed by atoms with van der Waals surface area (Å²) >= 11 is 6.43. The molecule has 0 saturated heterocycles. The Morgan fingerprint density at radius 2 is 1.97 bits per heavy atom. The Kier molecular flexibility index (Phi) is 6.30. The second-order valence-electron chi connectivity index (χ2n) is 9.59. The van der Waals surface area contributed by atoms with E-state index in [2.05, 4.69) is 16.2 Å². The van der Waals surface area contributed by atoms with Gasteiger partial charge in [-0.15, -0.1) is 0 Å². The Balaban J connectivity index is 1.46. The summed E-state index contributed by atoms with van der Waals surface area (Å²) in [6, 6.07) is 14.8. The van der Waals surface area contributed by atoms with Crippen molar-refractivity contribution in [3.8, 4) is 11.8 Å². The highest BCUT2D eigenvalue weighted by Crippen LogP contribution is 2.45. The predicted octanol–water partition coefficient (Wildman–Crippen LogP) is 3.42. The van der Waals surface area contributed by atoms with Crippen molar-refractivity contribution in [2.24, 2.45) is 5.41 Å². The van der Waals surface area contributed by atoms with Gasteiger partial charge in [0.1, 0.15) is 24.7 Å². The minimum atomic E-state index is -3.52. The molecule has 2 aromatic heterocycles. The number of aromatic nitrogens is 3. The van der Waals surface area contributed by atoms with Crippen molar-refractivity contribution in [1.82, 2.24) is 14.8 Å². The lowest BCUT2D eigenvalue weighted by Gasteiger charge is -2.10. The molecule has 0 atom stereocenters. The van der Waals surface area contributed by atoms with Crippen LogP contribution >= 0.6 is 11.6 Å². The summed E-state index contributed by atoms with van der Waals surface area (Å²) in [4.78, 5) is 28.6. The molecule has 37 heavy (non-hydrogen) atoms. The molecule has 5 rings (SSSR count). The van der Waals surface area contributed by atoms with Crippen LogP contribution in [-0.4, -0.2) is 47.6 Å². The number of nitrogens with zero attached hydrogens (tertiary/aromatic N) is 3. The molecule has 1 N–H and O–H groups in total. The first-order valence-electron chi connectivity index (χ1n) is 11.6. The number of ether oxygens (including phenoxy) is 1. The van der Waals surface area contributed by atoms with Crippen LogP contribution in [0.3, 0.4) is 0 Å². The second-order valence-corrected chi connectivity index (χ2v) is 12.1. The van der Waals surface area contributed by atoms with Gasteiger partial charge in [-0.05, 0) is 31.0 Å². The topological polar surface area (TPSA) is 135 Å². The van der Waals surface area contributed by atoms with E-state index in [9.17, 15) is 23.3 Å². The minimum Gasteiger partial charge on any atom is -0.490 e. The standard InChI is InChI=1S/C26H23ClN4O5S/c1-37(34,35)13-18(32)12-31-25(33)20-5-3-2-4-19(20)23(30-31)10-17-8-16-9-21(27)24(11-22(16)29-17)36-15-26(14-28)6-7-26/h2-5,8-9,11,29H,6-7,10,12-13,15H2,1H3. The molecule has 2 heterocycles. The van der Waals surface area contributed by atoms with Gasteiger partial charge in [-0.3, -0.25) is 9.59 Å². The van der Waals surface area contributed by atoms with Crippen LogP contribution in [0.25, 0.3) is 21.7 Å². The highest BCUT2D eigenvalue weighted by atomic mass is 35.5. The average molecular weight is 539 g/mol. The molecule has 2 aromatic carbocycles. The number of hydrogen-bond acceptors (Lipinski definition) is 7. The molecule has 0 unspecified atom stereocenters. The van der Waals surface area contributed by atoms with E-state index in [1.54, 1.807) is 36.4 Å². The molecular weight excluding hydrogens is 516 g/mol. The highest BCUT2D eigenvalue weighted by Gasteiger charge is 2.44. The van der Waals surface area contributed by atoms with E-state index in [1.807, 2.05) is 6.07 Å². The number of H-pyrrole nitrogens is 1. The molecule has 1 aliphatic rings. The Bertz CT molecular complexity index is 1760. The van der Waals surface area contributed by atoms with Crippen LogP contribution in [0.1, 0.15) is 24.2 Å². The minimum absolute atomic E-state index is 0.289. The third-order valence-corrected chi connectivity index (χ3v) is 7.52. The van der Waals surface area contributed by atoms with Crippen LogP contribution < -0.4 is 10.3 Å². The lowest BCUT2D eigenvalue weighted by molar-refractivity contribution is -0.117. The Morgan fingerprint density at radius 3 is 2.65 bits per heavy atom. The number of carbonyl (C=O) groups is 1. The second kappa shape index (κ2) is 9.32. The van der Waals surface area contributed by atoms with Crippen LogP contribution in [0.5, 0.6) is 5.75 Å². The van der Waals surface area contributed by atoms with E-state index in [-0.39, 0.29) is 6.61 Å². The Morgan fingerprint density at radius 1 is 1.24 bits per heavy atom. The predicted molar refractivity (Wildman–Crippen MR) is 140 cm³/mol. The summed E-state index contributed by atoms with van der Waals surface area (Å²) in [5.41, 5.74) is 1.26. The number of nitrogens with one attached hydrogen (secondary N) is 1. The van der Waals surface area contributed by atoms with Crippen LogP contribution in [0.15, 0.2) is 47.3 Å². The molecule has 190 valence electrons. The van der Waals surface area contributed by atoms with E-state index in [0.29, 0.717) is 33.7 Å². The summed E-state index contributed by atoms with van der Waals surface area (Å²) in [5, 5.41) is 16.0. The van der Waals surface area contributed by atoms with Gasteiger partial charge in [0.15, 0.2) is 15.6 Å². The molecule has 4 aromatic rings. The number of ketones is 1. The van der Waals surface area contributed by atoms with Crippen molar-refractivity contribution in [2.75, 3.05) is 18.6 Å². The SMILES string of the molecule is CS(=O)(=O)CC(=O)Cn1nc(Cc2cc3cc(Cl)c(OCC4(C#N)CC4)cc3[nH]2)c2ccccc2c1=O. The fraction of sp³-hybridized carbons (Fsp3) is 0.308. The van der Waals surface area contributed by atoms with Gasteiger partial charge in [-0.25, -0.2) is 13.1 Å². The summed E-state index contributed by atoms with van der Waals surface area (Å²) in [5.74, 6) is -0.785. The van der Waals surface area contributed by atoms with E-state index in [0.717, 1.165) is 40.4 Å². The molecule has 0 bridgehead atoms. The smallest absolute Gasteiger partial charge is 0.275 e. The molecule has 0 spiro atoms. The number of fused-ring (bicyclic) bond motifs is 2. The number of Topliss-reactive ketones (excluding diaryl/α,β-unsaturated/α-hetero) is 1. The highest BCUT2D eigenvalue weighted by molar-refractivity contribution is 7.91. The molecular formula is C26H23ClN4O5S. The molecule has 11 heteroatoms. The first-order chi connectivity index (χ1) is 17.6. The average Bonchev–Trinajstić information content (AvgIpc) is 3.52. The summed E-state index contributed by atoms with van der Waals surface area (Å²) in [6.45, 7) is -0.144. The normalized spacial score (nSPS) is 14.5. The summed E-state index contributed by atoms with van der Waals surface area (Å²) in [7, 11) is -3.52. The lowest BCUT2D eigenvalue weighted by atomic mass is 10.1. The van der Waals surface area contributed by atoms with Crippen molar-refractivity contribution < 1.29 is 17.9 Å². The third-order valence-electron chi connectivity index (χ3n) is 6.38.